The van der Waals surface area contributed by atoms with Gasteiger partial charge < -0.3 is 10.8 Å². The van der Waals surface area contributed by atoms with Crippen LogP contribution in [0.15, 0.2) is 0 Å². The molecule has 0 aromatic heterocycles. The van der Waals surface area contributed by atoms with Gasteiger partial charge in [-0.25, -0.2) is 0 Å². The highest BCUT2D eigenvalue weighted by atomic mass is 16.3. The van der Waals surface area contributed by atoms with E-state index in [1.165, 1.54) is 6.42 Å². The second-order valence-electron chi connectivity index (χ2n) is 4.14. The van der Waals surface area contributed by atoms with Gasteiger partial charge in [0.25, 0.3) is 0 Å². The third-order valence-corrected chi connectivity index (χ3v) is 2.60. The maximum atomic E-state index is 9.83. The first kappa shape index (κ1) is 9.96. The van der Waals surface area contributed by atoms with Crippen molar-refractivity contribution in [2.75, 3.05) is 19.6 Å². The average Bonchev–Trinajstić information content (AvgIpc) is 2.34. The van der Waals surface area contributed by atoms with Crippen LogP contribution in [0.4, 0.5) is 0 Å². The van der Waals surface area contributed by atoms with Crippen LogP contribution in [-0.2, 0) is 0 Å². The Morgan fingerprint density at radius 2 is 2.25 bits per heavy atom. The minimum atomic E-state index is -0.578. The molecule has 3 N–H and O–H groups in total. The summed E-state index contributed by atoms with van der Waals surface area (Å²) in [7, 11) is 0. The summed E-state index contributed by atoms with van der Waals surface area (Å²) in [4.78, 5) is 2.29. The first-order valence-electron chi connectivity index (χ1n) is 4.72. The number of nitrogens with zero attached hydrogens (tertiary/aromatic N) is 1. The van der Waals surface area contributed by atoms with Crippen LogP contribution in [0.5, 0.6) is 0 Å². The molecule has 1 fully saturated rings. The van der Waals surface area contributed by atoms with Gasteiger partial charge in [-0.15, -0.1) is 0 Å². The number of aliphatic hydroxyl groups is 1. The maximum Gasteiger partial charge on any atom is 0.0746 e. The molecule has 72 valence electrons. The fourth-order valence-corrected chi connectivity index (χ4v) is 2.06. The normalized spacial score (nSPS) is 26.5. The molecule has 0 aromatic rings. The van der Waals surface area contributed by atoms with Crippen molar-refractivity contribution in [2.45, 2.75) is 38.3 Å². The van der Waals surface area contributed by atoms with Gasteiger partial charge >= 0.3 is 0 Å². The Balaban J connectivity index is 2.52. The predicted molar refractivity (Wildman–Crippen MR) is 49.9 cm³/mol. The molecule has 3 heteroatoms. The molecule has 1 rings (SSSR count). The first-order chi connectivity index (χ1) is 5.55. The van der Waals surface area contributed by atoms with Gasteiger partial charge in [-0.1, -0.05) is 0 Å². The van der Waals surface area contributed by atoms with E-state index in [9.17, 15) is 5.11 Å². The van der Waals surface area contributed by atoms with Crippen LogP contribution in [-0.4, -0.2) is 41.3 Å². The summed E-state index contributed by atoms with van der Waals surface area (Å²) in [6.07, 6.45) is 2.29. The van der Waals surface area contributed by atoms with Crippen LogP contribution in [0, 0.1) is 0 Å². The minimum absolute atomic E-state index is 0.307. The molecule has 12 heavy (non-hydrogen) atoms. The summed E-state index contributed by atoms with van der Waals surface area (Å²) in [5.41, 5.74) is 4.91. The van der Waals surface area contributed by atoms with E-state index in [1.54, 1.807) is 0 Å². The molecule has 1 aliphatic rings. The van der Waals surface area contributed by atoms with Gasteiger partial charge in [-0.2, -0.15) is 0 Å². The van der Waals surface area contributed by atoms with Crippen LogP contribution in [0.2, 0.25) is 0 Å². The highest BCUT2D eigenvalue weighted by Gasteiger charge is 2.34. The van der Waals surface area contributed by atoms with E-state index in [0.717, 1.165) is 19.5 Å². The van der Waals surface area contributed by atoms with E-state index >= 15 is 0 Å². The largest absolute Gasteiger partial charge is 0.389 e. The van der Waals surface area contributed by atoms with Gasteiger partial charge in [-0.05, 0) is 33.2 Å². The molecule has 0 radical (unpaired) electrons. The monoisotopic (exact) mass is 172 g/mol. The van der Waals surface area contributed by atoms with Gasteiger partial charge in [0.2, 0.25) is 0 Å². The van der Waals surface area contributed by atoms with E-state index in [-0.39, 0.29) is 0 Å². The molecule has 1 saturated heterocycles. The quantitative estimate of drug-likeness (QED) is 0.638. The van der Waals surface area contributed by atoms with Crippen LogP contribution < -0.4 is 5.73 Å². The van der Waals surface area contributed by atoms with Crippen LogP contribution in [0.25, 0.3) is 0 Å². The molecule has 0 aromatic carbocycles. The SMILES string of the molecule is CC(C)(O)C1CCCN1CCN. The zero-order valence-electron chi connectivity index (χ0n) is 8.08. The topological polar surface area (TPSA) is 49.5 Å². The first-order valence-corrected chi connectivity index (χ1v) is 4.72. The van der Waals surface area contributed by atoms with Crippen molar-refractivity contribution in [1.29, 1.82) is 0 Å². The lowest BCUT2D eigenvalue weighted by atomic mass is 9.97. The lowest BCUT2D eigenvalue weighted by molar-refractivity contribution is -0.00129. The Hall–Kier alpha value is -0.120. The van der Waals surface area contributed by atoms with Crippen molar-refractivity contribution < 1.29 is 5.11 Å². The van der Waals surface area contributed by atoms with Crippen molar-refractivity contribution in [2.24, 2.45) is 5.73 Å². The standard InChI is InChI=1S/C9H20N2O/c1-9(2,12)8-4-3-6-11(8)7-5-10/h8,12H,3-7,10H2,1-2H3. The van der Waals surface area contributed by atoms with Gasteiger partial charge in [0, 0.05) is 19.1 Å². The number of nitrogens with two attached hydrogens (primary N) is 1. The molecular weight excluding hydrogens is 152 g/mol. The second-order valence-corrected chi connectivity index (χ2v) is 4.14. The van der Waals surface area contributed by atoms with E-state index in [2.05, 4.69) is 4.90 Å². The van der Waals surface area contributed by atoms with E-state index in [1.807, 2.05) is 13.8 Å². The minimum Gasteiger partial charge on any atom is -0.389 e. The number of rotatable bonds is 3. The fraction of sp³-hybridized carbons (Fsp3) is 1.00. The average molecular weight is 172 g/mol. The van der Waals surface area contributed by atoms with Crippen LogP contribution >= 0.6 is 0 Å². The zero-order chi connectivity index (χ0) is 9.19. The number of hydrogen-bond donors (Lipinski definition) is 2. The van der Waals surface area contributed by atoms with Crippen LogP contribution in [0.3, 0.4) is 0 Å². The Bertz CT molecular complexity index is 142. The number of likely N-dealkylation sites (tertiary alicyclic amines) is 1. The summed E-state index contributed by atoms with van der Waals surface area (Å²) in [5.74, 6) is 0. The molecule has 1 unspecified atom stereocenters. The molecule has 0 saturated carbocycles. The smallest absolute Gasteiger partial charge is 0.0746 e. The summed E-state index contributed by atoms with van der Waals surface area (Å²) < 4.78 is 0. The summed E-state index contributed by atoms with van der Waals surface area (Å²) in [6.45, 7) is 6.45. The van der Waals surface area contributed by atoms with Crippen molar-refractivity contribution in [3.63, 3.8) is 0 Å². The van der Waals surface area contributed by atoms with Gasteiger partial charge in [0.05, 0.1) is 5.60 Å². The number of hydrogen-bond acceptors (Lipinski definition) is 3. The van der Waals surface area contributed by atoms with E-state index in [4.69, 9.17) is 5.73 Å². The molecule has 0 aliphatic carbocycles. The molecule has 0 spiro atoms. The van der Waals surface area contributed by atoms with Gasteiger partial charge in [0.1, 0.15) is 0 Å². The molecule has 1 aliphatic heterocycles. The van der Waals surface area contributed by atoms with Crippen LogP contribution in [0.1, 0.15) is 26.7 Å². The molecular formula is C9H20N2O. The maximum absolute atomic E-state index is 9.83. The zero-order valence-corrected chi connectivity index (χ0v) is 8.08. The van der Waals surface area contributed by atoms with Crippen molar-refractivity contribution in [3.05, 3.63) is 0 Å². The molecule has 3 nitrogen and oxygen atoms in total. The highest BCUT2D eigenvalue weighted by Crippen LogP contribution is 2.25. The van der Waals surface area contributed by atoms with Gasteiger partial charge in [0.15, 0.2) is 0 Å². The molecule has 1 atom stereocenters. The predicted octanol–water partition coefficient (Wildman–Crippen LogP) is 0.180. The Morgan fingerprint density at radius 1 is 1.58 bits per heavy atom. The highest BCUT2D eigenvalue weighted by molar-refractivity contribution is 4.90. The molecule has 0 bridgehead atoms. The van der Waals surface area contributed by atoms with E-state index in [0.29, 0.717) is 12.6 Å². The fourth-order valence-electron chi connectivity index (χ4n) is 2.06. The Morgan fingerprint density at radius 3 is 2.75 bits per heavy atom. The Labute approximate surface area is 74.5 Å². The summed E-state index contributed by atoms with van der Waals surface area (Å²) in [6, 6.07) is 0.307. The lowest BCUT2D eigenvalue weighted by Gasteiger charge is -2.33. The molecule has 1 heterocycles. The third-order valence-electron chi connectivity index (χ3n) is 2.60. The third kappa shape index (κ3) is 2.19. The van der Waals surface area contributed by atoms with E-state index < -0.39 is 5.60 Å². The molecule has 0 amide bonds. The lowest BCUT2D eigenvalue weighted by Crippen LogP contribution is -2.47. The Kier molecular flexibility index (Phi) is 3.09. The second kappa shape index (κ2) is 3.73. The van der Waals surface area contributed by atoms with Crippen molar-refractivity contribution in [3.8, 4) is 0 Å². The van der Waals surface area contributed by atoms with Crippen molar-refractivity contribution >= 4 is 0 Å². The summed E-state index contributed by atoms with van der Waals surface area (Å²) >= 11 is 0. The van der Waals surface area contributed by atoms with Gasteiger partial charge in [-0.3, -0.25) is 4.90 Å². The summed E-state index contributed by atoms with van der Waals surface area (Å²) in [5, 5.41) is 9.83. The van der Waals surface area contributed by atoms with Crippen molar-refractivity contribution in [1.82, 2.24) is 4.90 Å².